The van der Waals surface area contributed by atoms with E-state index in [1.807, 2.05) is 146 Å². The number of hydrogen-bond donors (Lipinski definition) is 0. The molecule has 0 fully saturated rings. The molecule has 0 bridgehead atoms. The first-order chi connectivity index (χ1) is 52.0. The molecule has 2 atom stereocenters. The maximum Gasteiger partial charge on any atom is 0.127 e. The number of fused-ring (bicyclic) bond motifs is 10. The molecule has 4 aliphatic rings. The highest BCUT2D eigenvalue weighted by Crippen LogP contribution is 2.66. The molecule has 14 aromatic carbocycles. The fourth-order valence-corrected chi connectivity index (χ4v) is 18.7. The molecule has 8 heteroatoms. The Morgan fingerprint density at radius 1 is 0.290 bits per heavy atom. The Hall–Kier alpha value is -12.5. The van der Waals surface area contributed by atoms with Crippen molar-refractivity contribution in [2.45, 2.75) is 67.6 Å². The van der Waals surface area contributed by atoms with Crippen molar-refractivity contribution in [2.75, 3.05) is 9.80 Å². The third-order valence-electron chi connectivity index (χ3n) is 23.1. The number of ether oxygens (including phenoxy) is 2. The minimum Gasteiger partial charge on any atom is -0.457 e. The smallest absolute Gasteiger partial charge is 0.127 e. The molecule has 2 unspecified atom stereocenters. The quantitative estimate of drug-likeness (QED) is 0.0900. The number of nitrogens with zero attached hydrogens (tertiary/aromatic N) is 2. The van der Waals surface area contributed by atoms with Gasteiger partial charge in [0.1, 0.15) is 46.3 Å². The van der Waals surface area contributed by atoms with Crippen molar-refractivity contribution < 1.29 is 27.0 Å². The van der Waals surface area contributed by atoms with Crippen molar-refractivity contribution >= 4 is 46.3 Å². The topological polar surface area (TPSA) is 24.9 Å². The minimum atomic E-state index is -1.15. The van der Waals surface area contributed by atoms with Gasteiger partial charge in [0, 0.05) is 50.7 Å². The molecule has 4 aliphatic carbocycles. The lowest BCUT2D eigenvalue weighted by Crippen LogP contribution is -2.30. The standard InChI is InChI=1S/C99H74F4N2O2/c1-7-63-25-45-75(46-26-63)106-77-49-29-65(30-50-77)98(87-21-13-15-23-93(87)102)83-19-11-9-17-79(83)81-53-41-71(57-89(81)98)104(69-37-33-67(100)34-38-69)73-43-55-85-91(59-73)97(61-95(85,3)4)62-96(5,6)86-56-44-74(60-92(86)97)105(70-39-35-68(101)36-40-70)72-42-54-82-80-18-10-12-20-84(80)99(90(82)58-72,88-22-14-16-24-94(88)103)66-31-51-78(52-32-66)107-76-47-27-64(8-2)28-48-76/h7-60H,1-2,61-62H2,3-6H3. The van der Waals surface area contributed by atoms with Gasteiger partial charge in [0.2, 0.25) is 0 Å². The normalized spacial score (nSPS) is 17.8. The van der Waals surface area contributed by atoms with Crippen molar-refractivity contribution in [1.29, 1.82) is 0 Å². The van der Waals surface area contributed by atoms with Gasteiger partial charge < -0.3 is 19.3 Å². The maximum atomic E-state index is 17.4. The van der Waals surface area contributed by atoms with E-state index in [1.54, 1.807) is 36.4 Å². The highest BCUT2D eigenvalue weighted by molar-refractivity contribution is 5.92. The van der Waals surface area contributed by atoms with Crippen LogP contribution in [-0.4, -0.2) is 0 Å². The molecule has 0 heterocycles. The first kappa shape index (κ1) is 66.4. The average Bonchev–Trinajstić information content (AvgIpc) is 1.55. The molecule has 18 rings (SSSR count). The van der Waals surface area contributed by atoms with E-state index in [0.717, 1.165) is 114 Å². The van der Waals surface area contributed by atoms with Crippen LogP contribution in [0, 0.1) is 23.3 Å². The van der Waals surface area contributed by atoms with E-state index >= 15 is 17.6 Å². The molecule has 0 N–H and O–H groups in total. The van der Waals surface area contributed by atoms with Crippen LogP contribution in [0.25, 0.3) is 34.4 Å². The van der Waals surface area contributed by atoms with E-state index in [-0.39, 0.29) is 34.1 Å². The first-order valence-electron chi connectivity index (χ1n) is 36.4. The molecule has 107 heavy (non-hydrogen) atoms. The van der Waals surface area contributed by atoms with E-state index in [1.165, 1.54) is 46.5 Å². The summed E-state index contributed by atoms with van der Waals surface area (Å²) in [4.78, 5) is 4.44. The zero-order valence-corrected chi connectivity index (χ0v) is 59.7. The molecule has 14 aromatic rings. The second kappa shape index (κ2) is 25.4. The van der Waals surface area contributed by atoms with Gasteiger partial charge in [0.15, 0.2) is 0 Å². The van der Waals surface area contributed by atoms with E-state index < -0.39 is 16.2 Å². The van der Waals surface area contributed by atoms with Crippen LogP contribution in [0.15, 0.2) is 329 Å². The van der Waals surface area contributed by atoms with Gasteiger partial charge in [-0.05, 0) is 270 Å². The summed E-state index contributed by atoms with van der Waals surface area (Å²) in [6.45, 7) is 17.2. The molecule has 0 aromatic heterocycles. The van der Waals surface area contributed by atoms with Crippen molar-refractivity contribution in [2.24, 2.45) is 0 Å². The van der Waals surface area contributed by atoms with Gasteiger partial charge in [-0.25, -0.2) is 17.6 Å². The van der Waals surface area contributed by atoms with Crippen molar-refractivity contribution in [3.05, 3.63) is 430 Å². The number of benzene rings is 14. The lowest BCUT2D eigenvalue weighted by molar-refractivity contribution is 0.349. The van der Waals surface area contributed by atoms with E-state index in [9.17, 15) is 0 Å². The summed E-state index contributed by atoms with van der Waals surface area (Å²) in [7, 11) is 0. The number of rotatable bonds is 16. The third kappa shape index (κ3) is 10.6. The Kier molecular flexibility index (Phi) is 15.8. The van der Waals surface area contributed by atoms with Crippen LogP contribution in [-0.2, 0) is 27.1 Å². The van der Waals surface area contributed by atoms with Crippen molar-refractivity contribution in [3.8, 4) is 45.3 Å². The molecule has 0 saturated carbocycles. The van der Waals surface area contributed by atoms with E-state index in [0.29, 0.717) is 34.1 Å². The highest BCUT2D eigenvalue weighted by atomic mass is 19.1. The predicted octanol–water partition coefficient (Wildman–Crippen LogP) is 26.4. The van der Waals surface area contributed by atoms with E-state index in [2.05, 4.69) is 172 Å². The lowest BCUT2D eigenvalue weighted by Gasteiger charge is -2.35. The summed E-state index contributed by atoms with van der Waals surface area (Å²) in [5.41, 5.74) is 18.5. The second-order valence-electron chi connectivity index (χ2n) is 30.1. The summed E-state index contributed by atoms with van der Waals surface area (Å²) < 4.78 is 78.6. The Labute approximate surface area is 622 Å². The Balaban J connectivity index is 0.788. The lowest BCUT2D eigenvalue weighted by atomic mass is 9.67. The summed E-state index contributed by atoms with van der Waals surface area (Å²) in [5, 5.41) is 0. The number of halogens is 4. The van der Waals surface area contributed by atoms with Gasteiger partial charge in [0.25, 0.3) is 0 Å². The van der Waals surface area contributed by atoms with Gasteiger partial charge >= 0.3 is 0 Å². The third-order valence-corrected chi connectivity index (χ3v) is 23.1. The largest absolute Gasteiger partial charge is 0.457 e. The van der Waals surface area contributed by atoms with Crippen LogP contribution in [0.1, 0.15) is 118 Å². The molecule has 0 aliphatic heterocycles. The van der Waals surface area contributed by atoms with E-state index in [4.69, 9.17) is 9.47 Å². The second-order valence-corrected chi connectivity index (χ2v) is 30.1. The van der Waals surface area contributed by atoms with Crippen LogP contribution in [0.2, 0.25) is 0 Å². The summed E-state index contributed by atoms with van der Waals surface area (Å²) in [6, 6.07) is 102. The van der Waals surface area contributed by atoms with Gasteiger partial charge in [0.05, 0.1) is 10.8 Å². The summed E-state index contributed by atoms with van der Waals surface area (Å²) >= 11 is 0. The van der Waals surface area contributed by atoms with Crippen LogP contribution in [0.3, 0.4) is 0 Å². The number of anilines is 6. The zero-order valence-electron chi connectivity index (χ0n) is 59.7. The zero-order chi connectivity index (χ0) is 73.1. The molecular formula is C99H74F4N2O2. The average molecular weight is 1400 g/mol. The Morgan fingerprint density at radius 2 is 0.589 bits per heavy atom. The van der Waals surface area contributed by atoms with Gasteiger partial charge in [-0.1, -0.05) is 211 Å². The van der Waals surface area contributed by atoms with Gasteiger partial charge in [-0.2, -0.15) is 0 Å². The summed E-state index contributed by atoms with van der Waals surface area (Å²) in [5.74, 6) is 1.21. The van der Waals surface area contributed by atoms with Crippen LogP contribution in [0.4, 0.5) is 51.7 Å². The van der Waals surface area contributed by atoms with Crippen LogP contribution in [0.5, 0.6) is 23.0 Å². The molecule has 0 radical (unpaired) electrons. The first-order valence-corrected chi connectivity index (χ1v) is 36.4. The monoisotopic (exact) mass is 1400 g/mol. The molecule has 4 nitrogen and oxygen atoms in total. The minimum absolute atomic E-state index is 0.305. The fraction of sp³-hybridized carbons (Fsp3) is 0.111. The Morgan fingerprint density at radius 3 is 0.944 bits per heavy atom. The van der Waals surface area contributed by atoms with Crippen LogP contribution < -0.4 is 19.3 Å². The number of hydrogen-bond acceptors (Lipinski definition) is 4. The molecule has 520 valence electrons. The predicted molar refractivity (Wildman–Crippen MR) is 426 cm³/mol. The van der Waals surface area contributed by atoms with Gasteiger partial charge in [-0.15, -0.1) is 0 Å². The Bertz CT molecular complexity index is 5500. The SMILES string of the molecule is C=Cc1ccc(Oc2ccc(C3(c4ccccc4F)c4ccccc4-c4ccc(N(c5ccc(F)cc5)c5ccc6c(c5)C5(CC6(C)C)CC(C)(C)c6ccc(N(c7ccc(F)cc7)c7ccc8c(c7)C(c7ccc(Oc9ccc(C=C)cc9)cc7)(c7ccccc7F)c7ccccc7-8)cc65)cc43)cc2)cc1. The molecule has 1 spiro atoms. The molecule has 0 saturated heterocycles. The molecular weight excluding hydrogens is 1330 g/mol. The van der Waals surface area contributed by atoms with Crippen LogP contribution >= 0.6 is 0 Å². The van der Waals surface area contributed by atoms with Crippen molar-refractivity contribution in [1.82, 2.24) is 0 Å². The summed E-state index contributed by atoms with van der Waals surface area (Å²) in [6.07, 6.45) is 5.19. The molecule has 0 amide bonds. The van der Waals surface area contributed by atoms with Gasteiger partial charge in [-0.3, -0.25) is 0 Å². The van der Waals surface area contributed by atoms with Crippen molar-refractivity contribution in [3.63, 3.8) is 0 Å². The maximum absolute atomic E-state index is 17.4. The fourth-order valence-electron chi connectivity index (χ4n) is 18.7. The highest BCUT2D eigenvalue weighted by Gasteiger charge is 2.57.